The first-order valence-corrected chi connectivity index (χ1v) is 10.7. The van der Waals surface area contributed by atoms with Crippen LogP contribution in [-0.2, 0) is 25.3 Å². The number of methoxy groups -OCH3 is 1. The normalized spacial score (nSPS) is 22.5. The Bertz CT molecular complexity index is 698. The number of ether oxygens (including phenoxy) is 1. The van der Waals surface area contributed by atoms with Crippen molar-refractivity contribution in [2.45, 2.75) is 59.7 Å². The van der Waals surface area contributed by atoms with Crippen LogP contribution in [0.25, 0.3) is 0 Å². The van der Waals surface area contributed by atoms with Gasteiger partial charge in [-0.05, 0) is 31.7 Å². The van der Waals surface area contributed by atoms with E-state index in [9.17, 15) is 9.59 Å². The summed E-state index contributed by atoms with van der Waals surface area (Å²) in [6, 6.07) is 9.69. The van der Waals surface area contributed by atoms with E-state index < -0.39 is 11.5 Å². The minimum atomic E-state index is -0.447. The Morgan fingerprint density at radius 1 is 1.18 bits per heavy atom. The summed E-state index contributed by atoms with van der Waals surface area (Å²) in [5.74, 6) is -0.879. The zero-order valence-electron chi connectivity index (χ0n) is 18.5. The van der Waals surface area contributed by atoms with Crippen molar-refractivity contribution in [2.24, 2.45) is 23.2 Å². The number of hydrogen-bond donors (Lipinski definition) is 0. The standard InChI is InChI=1S/C22H35NO4Si/c1-14(20(25)26-7)17-16(18(21(2,3)4)22(5,6)27-28)19(24)23(17)13-15-11-9-8-10-12-15/h8-12,14,16-18H,13H2,1-7,28H3. The molecule has 1 aliphatic heterocycles. The molecule has 1 heterocycles. The van der Waals surface area contributed by atoms with Gasteiger partial charge in [0.25, 0.3) is 0 Å². The summed E-state index contributed by atoms with van der Waals surface area (Å²) < 4.78 is 11.0. The van der Waals surface area contributed by atoms with Crippen molar-refractivity contribution in [1.29, 1.82) is 0 Å². The highest BCUT2D eigenvalue weighted by Gasteiger charge is 2.60. The van der Waals surface area contributed by atoms with Crippen molar-refractivity contribution in [3.63, 3.8) is 0 Å². The van der Waals surface area contributed by atoms with Gasteiger partial charge in [0, 0.05) is 12.5 Å². The highest BCUT2D eigenvalue weighted by Crippen LogP contribution is 2.50. The molecule has 0 radical (unpaired) electrons. The number of esters is 1. The molecular weight excluding hydrogens is 370 g/mol. The zero-order chi connectivity index (χ0) is 21.3. The fourth-order valence-corrected chi connectivity index (χ4v) is 5.20. The molecule has 4 atom stereocenters. The third-order valence-corrected chi connectivity index (χ3v) is 7.20. The van der Waals surface area contributed by atoms with Crippen molar-refractivity contribution in [3.8, 4) is 0 Å². The van der Waals surface area contributed by atoms with E-state index in [0.29, 0.717) is 17.0 Å². The number of carbonyl (C=O) groups excluding carboxylic acids is 2. The van der Waals surface area contributed by atoms with Gasteiger partial charge in [-0.3, -0.25) is 9.59 Å². The van der Waals surface area contributed by atoms with Gasteiger partial charge in [0.15, 0.2) is 0 Å². The summed E-state index contributed by atoms with van der Waals surface area (Å²) >= 11 is 0. The van der Waals surface area contributed by atoms with Crippen LogP contribution in [0.5, 0.6) is 0 Å². The largest absolute Gasteiger partial charge is 0.469 e. The fourth-order valence-electron chi connectivity index (χ4n) is 4.95. The maximum Gasteiger partial charge on any atom is 0.310 e. The molecular formula is C22H35NO4Si. The number of likely N-dealkylation sites (tertiary alicyclic amines) is 1. The van der Waals surface area contributed by atoms with E-state index in [1.807, 2.05) is 42.2 Å². The summed E-state index contributed by atoms with van der Waals surface area (Å²) in [5, 5.41) is 0. The molecule has 5 nitrogen and oxygen atoms in total. The van der Waals surface area contributed by atoms with E-state index >= 15 is 0 Å². The Morgan fingerprint density at radius 3 is 2.21 bits per heavy atom. The quantitative estimate of drug-likeness (QED) is 0.397. The molecule has 1 amide bonds. The molecule has 1 aromatic rings. The first-order valence-electron chi connectivity index (χ1n) is 9.93. The number of rotatable bonds is 7. The van der Waals surface area contributed by atoms with Crippen LogP contribution in [0.2, 0.25) is 0 Å². The fraction of sp³-hybridized carbons (Fsp3) is 0.636. The lowest BCUT2D eigenvalue weighted by Crippen LogP contribution is -2.69. The number of benzene rings is 1. The monoisotopic (exact) mass is 405 g/mol. The molecule has 0 aliphatic carbocycles. The summed E-state index contributed by atoms with van der Waals surface area (Å²) in [5.41, 5.74) is 0.459. The molecule has 2 rings (SSSR count). The van der Waals surface area contributed by atoms with Crippen molar-refractivity contribution >= 4 is 22.4 Å². The van der Waals surface area contributed by atoms with Crippen molar-refractivity contribution in [2.75, 3.05) is 7.11 Å². The number of β-lactam (4-membered cyclic amide) rings is 1. The minimum Gasteiger partial charge on any atom is -0.469 e. The number of nitrogens with zero attached hydrogens (tertiary/aromatic N) is 1. The summed E-state index contributed by atoms with van der Waals surface area (Å²) in [4.78, 5) is 27.6. The SMILES string of the molecule is COC(=O)C(C)C1C(C(C(C)(C)C)C(C)(C)O[SiH3])C(=O)N1Cc1ccccc1. The molecule has 156 valence electrons. The molecule has 28 heavy (non-hydrogen) atoms. The van der Waals surface area contributed by atoms with Crippen LogP contribution in [-0.4, -0.2) is 46.0 Å². The van der Waals surface area contributed by atoms with E-state index in [1.165, 1.54) is 7.11 Å². The van der Waals surface area contributed by atoms with E-state index in [0.717, 1.165) is 5.56 Å². The molecule has 6 heteroatoms. The molecule has 1 fully saturated rings. The van der Waals surface area contributed by atoms with Crippen LogP contribution in [0.1, 0.15) is 47.1 Å². The van der Waals surface area contributed by atoms with Gasteiger partial charge in [0.05, 0.1) is 30.6 Å². The summed E-state index contributed by atoms with van der Waals surface area (Å²) in [6.07, 6.45) is 0. The van der Waals surface area contributed by atoms with Gasteiger partial charge in [-0.2, -0.15) is 0 Å². The van der Waals surface area contributed by atoms with Gasteiger partial charge in [-0.1, -0.05) is 51.1 Å². The molecule has 0 spiro atoms. The average Bonchev–Trinajstić information content (AvgIpc) is 2.65. The minimum absolute atomic E-state index is 0.0193. The Balaban J connectivity index is 2.44. The van der Waals surface area contributed by atoms with Crippen molar-refractivity contribution < 1.29 is 18.8 Å². The molecule has 1 aromatic carbocycles. The maximum absolute atomic E-state index is 13.4. The third-order valence-electron chi connectivity index (χ3n) is 6.14. The van der Waals surface area contributed by atoms with E-state index in [1.54, 1.807) is 0 Å². The molecule has 1 saturated heterocycles. The summed E-state index contributed by atoms with van der Waals surface area (Å²) in [6.45, 7) is 12.9. The Labute approximate surface area is 172 Å². The van der Waals surface area contributed by atoms with Crippen LogP contribution >= 0.6 is 0 Å². The second-order valence-corrected chi connectivity index (χ2v) is 9.84. The van der Waals surface area contributed by atoms with Crippen molar-refractivity contribution in [3.05, 3.63) is 35.9 Å². The van der Waals surface area contributed by atoms with E-state index in [2.05, 4.69) is 34.6 Å². The lowest BCUT2D eigenvalue weighted by atomic mass is 9.58. The number of hydrogen-bond acceptors (Lipinski definition) is 4. The molecule has 0 aromatic heterocycles. The highest BCUT2D eigenvalue weighted by atomic mass is 28.2. The van der Waals surface area contributed by atoms with E-state index in [4.69, 9.17) is 9.16 Å². The third kappa shape index (κ3) is 4.33. The number of amides is 1. The second-order valence-electron chi connectivity index (χ2n) is 9.43. The topological polar surface area (TPSA) is 55.8 Å². The molecule has 0 saturated carbocycles. The highest BCUT2D eigenvalue weighted by molar-refractivity contribution is 5.98. The van der Waals surface area contributed by atoms with Crippen LogP contribution in [0.3, 0.4) is 0 Å². The average molecular weight is 406 g/mol. The molecule has 0 bridgehead atoms. The van der Waals surface area contributed by atoms with Crippen LogP contribution in [0, 0.1) is 23.2 Å². The van der Waals surface area contributed by atoms with Crippen LogP contribution in [0.15, 0.2) is 30.3 Å². The van der Waals surface area contributed by atoms with Crippen LogP contribution < -0.4 is 0 Å². The van der Waals surface area contributed by atoms with E-state index in [-0.39, 0.29) is 35.2 Å². The predicted octanol–water partition coefficient (Wildman–Crippen LogP) is 2.56. The first-order chi connectivity index (χ1) is 13.0. The van der Waals surface area contributed by atoms with Gasteiger partial charge >= 0.3 is 5.97 Å². The Hall–Kier alpha value is -1.66. The van der Waals surface area contributed by atoms with Gasteiger partial charge in [0.2, 0.25) is 5.91 Å². The lowest BCUT2D eigenvalue weighted by Gasteiger charge is -2.58. The zero-order valence-corrected chi connectivity index (χ0v) is 20.5. The van der Waals surface area contributed by atoms with Gasteiger partial charge in [0.1, 0.15) is 10.5 Å². The van der Waals surface area contributed by atoms with Gasteiger partial charge < -0.3 is 14.1 Å². The molecule has 4 unspecified atom stereocenters. The predicted molar refractivity (Wildman–Crippen MR) is 113 cm³/mol. The Morgan fingerprint density at radius 2 is 1.75 bits per heavy atom. The van der Waals surface area contributed by atoms with Gasteiger partial charge in [-0.25, -0.2) is 0 Å². The van der Waals surface area contributed by atoms with Gasteiger partial charge in [-0.15, -0.1) is 0 Å². The maximum atomic E-state index is 13.4. The number of carbonyl (C=O) groups is 2. The first kappa shape index (κ1) is 22.6. The second kappa shape index (κ2) is 8.37. The molecule has 0 N–H and O–H groups in total. The smallest absolute Gasteiger partial charge is 0.310 e. The Kier molecular flexibility index (Phi) is 6.76. The van der Waals surface area contributed by atoms with Crippen molar-refractivity contribution in [1.82, 2.24) is 4.90 Å². The summed E-state index contributed by atoms with van der Waals surface area (Å²) in [7, 11) is 2.00. The van der Waals surface area contributed by atoms with Crippen LogP contribution in [0.4, 0.5) is 0 Å². The lowest BCUT2D eigenvalue weighted by molar-refractivity contribution is -0.185. The molecule has 1 aliphatic rings.